The zero-order chi connectivity index (χ0) is 20.1. The van der Waals surface area contributed by atoms with Crippen molar-refractivity contribution in [2.75, 3.05) is 24.8 Å². The van der Waals surface area contributed by atoms with Gasteiger partial charge >= 0.3 is 5.97 Å². The smallest absolute Gasteiger partial charge is 0.344 e. The number of ether oxygens (including phenoxy) is 3. The van der Waals surface area contributed by atoms with Gasteiger partial charge in [0.1, 0.15) is 5.60 Å². The predicted octanol–water partition coefficient (Wildman–Crippen LogP) is 3.68. The Morgan fingerprint density at radius 2 is 1.93 bits per heavy atom. The molecule has 0 saturated heterocycles. The summed E-state index contributed by atoms with van der Waals surface area (Å²) in [7, 11) is 0. The highest BCUT2D eigenvalue weighted by atomic mass is 32.2. The Morgan fingerprint density at radius 3 is 2.71 bits per heavy atom. The van der Waals surface area contributed by atoms with E-state index in [1.807, 2.05) is 50.4 Å². The first-order valence-electron chi connectivity index (χ1n) is 8.90. The van der Waals surface area contributed by atoms with Crippen molar-refractivity contribution in [1.82, 2.24) is 0 Å². The molecule has 1 heterocycles. The van der Waals surface area contributed by atoms with Crippen molar-refractivity contribution in [3.63, 3.8) is 0 Å². The van der Waals surface area contributed by atoms with E-state index in [1.54, 1.807) is 12.1 Å². The number of thioether (sulfide) groups is 1. The number of hydrogen-bond donors (Lipinski definition) is 1. The lowest BCUT2D eigenvalue weighted by molar-refractivity contribution is -0.149. The van der Waals surface area contributed by atoms with Crippen molar-refractivity contribution in [3.8, 4) is 11.5 Å². The van der Waals surface area contributed by atoms with Gasteiger partial charge < -0.3 is 19.5 Å². The summed E-state index contributed by atoms with van der Waals surface area (Å²) in [6.07, 6.45) is 2.70. The molecule has 0 spiro atoms. The fourth-order valence-electron chi connectivity index (χ4n) is 2.96. The summed E-state index contributed by atoms with van der Waals surface area (Å²) in [6.45, 7) is 3.33. The summed E-state index contributed by atoms with van der Waals surface area (Å²) < 4.78 is 16.5. The summed E-state index contributed by atoms with van der Waals surface area (Å²) in [5, 5.41) is 2.74. The van der Waals surface area contributed by atoms with Gasteiger partial charge in [0.05, 0.1) is 5.69 Å². The van der Waals surface area contributed by atoms with Gasteiger partial charge in [0.2, 0.25) is 0 Å². The number of anilines is 1. The van der Waals surface area contributed by atoms with Gasteiger partial charge in [-0.15, -0.1) is 11.8 Å². The molecule has 1 aliphatic heterocycles. The Hall–Kier alpha value is -2.67. The molecule has 0 bridgehead atoms. The van der Waals surface area contributed by atoms with Crippen LogP contribution in [-0.4, -0.2) is 36.9 Å². The van der Waals surface area contributed by atoms with Crippen LogP contribution in [0.25, 0.3) is 0 Å². The van der Waals surface area contributed by atoms with E-state index in [4.69, 9.17) is 14.2 Å². The lowest BCUT2D eigenvalue weighted by atomic mass is 10.0. The van der Waals surface area contributed by atoms with Crippen LogP contribution in [0.1, 0.15) is 19.4 Å². The summed E-state index contributed by atoms with van der Waals surface area (Å²) in [6, 6.07) is 13.0. The second kappa shape index (κ2) is 8.56. The third kappa shape index (κ3) is 4.98. The second-order valence-electron chi connectivity index (χ2n) is 6.98. The highest BCUT2D eigenvalue weighted by Gasteiger charge is 2.32. The van der Waals surface area contributed by atoms with Crippen LogP contribution in [0.15, 0.2) is 47.4 Å². The number of para-hydroxylation sites is 2. The molecule has 1 amide bonds. The van der Waals surface area contributed by atoms with Gasteiger partial charge in [0.25, 0.3) is 5.91 Å². The summed E-state index contributed by atoms with van der Waals surface area (Å²) >= 11 is 1.52. The van der Waals surface area contributed by atoms with Gasteiger partial charge in [-0.05, 0) is 38.3 Å². The molecule has 28 heavy (non-hydrogen) atoms. The minimum absolute atomic E-state index is 0.297. The van der Waals surface area contributed by atoms with Gasteiger partial charge in [-0.3, -0.25) is 4.79 Å². The molecule has 1 aliphatic rings. The van der Waals surface area contributed by atoms with Crippen LogP contribution < -0.4 is 14.8 Å². The van der Waals surface area contributed by atoms with Crippen molar-refractivity contribution in [2.24, 2.45) is 0 Å². The number of carbonyl (C=O) groups is 2. The van der Waals surface area contributed by atoms with Crippen LogP contribution in [0.3, 0.4) is 0 Å². The number of fused-ring (bicyclic) bond motifs is 1. The van der Waals surface area contributed by atoms with Crippen LogP contribution >= 0.6 is 11.8 Å². The van der Waals surface area contributed by atoms with Gasteiger partial charge in [0.15, 0.2) is 24.7 Å². The molecule has 0 aromatic heterocycles. The van der Waals surface area contributed by atoms with E-state index in [9.17, 15) is 9.59 Å². The number of nitrogens with one attached hydrogen (secondary N) is 1. The van der Waals surface area contributed by atoms with E-state index in [2.05, 4.69) is 5.32 Å². The first kappa shape index (κ1) is 20.1. The quantitative estimate of drug-likeness (QED) is 0.564. The standard InChI is InChI=1S/C21H23NO5S/c1-21(2)11-14-7-6-9-16(20(14)27-21)25-13-19(24)26-12-18(23)22-15-8-4-5-10-17(15)28-3/h4-10H,11-13H2,1-3H3,(H,22,23). The molecule has 7 heteroatoms. The minimum Gasteiger partial charge on any atom is -0.483 e. The highest BCUT2D eigenvalue weighted by Crippen LogP contribution is 2.41. The average Bonchev–Trinajstić information content (AvgIpc) is 2.99. The van der Waals surface area contributed by atoms with E-state index < -0.39 is 11.9 Å². The average molecular weight is 401 g/mol. The molecule has 3 rings (SSSR count). The molecule has 148 valence electrons. The highest BCUT2D eigenvalue weighted by molar-refractivity contribution is 7.98. The summed E-state index contributed by atoms with van der Waals surface area (Å²) in [5.74, 6) is 0.133. The van der Waals surface area contributed by atoms with Crippen molar-refractivity contribution in [2.45, 2.75) is 30.8 Å². The number of hydrogen-bond acceptors (Lipinski definition) is 6. The lowest BCUT2D eigenvalue weighted by Gasteiger charge is -2.18. The largest absolute Gasteiger partial charge is 0.483 e. The van der Waals surface area contributed by atoms with E-state index in [0.29, 0.717) is 17.2 Å². The molecule has 2 aromatic rings. The number of amides is 1. The topological polar surface area (TPSA) is 73.9 Å². The molecule has 0 unspecified atom stereocenters. The Bertz CT molecular complexity index is 881. The molecule has 2 aromatic carbocycles. The first-order valence-corrected chi connectivity index (χ1v) is 10.1. The Kier molecular flexibility index (Phi) is 6.14. The number of rotatable bonds is 7. The Labute approximate surface area is 168 Å². The second-order valence-corrected chi connectivity index (χ2v) is 7.83. The van der Waals surface area contributed by atoms with Gasteiger partial charge in [-0.1, -0.05) is 24.3 Å². The lowest BCUT2D eigenvalue weighted by Crippen LogP contribution is -2.25. The monoisotopic (exact) mass is 401 g/mol. The maximum Gasteiger partial charge on any atom is 0.344 e. The first-order chi connectivity index (χ1) is 13.4. The van der Waals surface area contributed by atoms with Crippen molar-refractivity contribution < 1.29 is 23.8 Å². The molecule has 0 fully saturated rings. The van der Waals surface area contributed by atoms with Crippen LogP contribution in [0, 0.1) is 0 Å². The van der Waals surface area contributed by atoms with Gasteiger partial charge in [-0.2, -0.15) is 0 Å². The Balaban J connectivity index is 1.48. The number of esters is 1. The normalized spacial score (nSPS) is 14.0. The third-order valence-electron chi connectivity index (χ3n) is 4.15. The molecule has 0 aliphatic carbocycles. The van der Waals surface area contributed by atoms with Crippen LogP contribution in [0.4, 0.5) is 5.69 Å². The van der Waals surface area contributed by atoms with Crippen molar-refractivity contribution in [1.29, 1.82) is 0 Å². The van der Waals surface area contributed by atoms with E-state index >= 15 is 0 Å². The molecule has 0 atom stereocenters. The maximum atomic E-state index is 12.0. The third-order valence-corrected chi connectivity index (χ3v) is 4.94. The molecule has 0 radical (unpaired) electrons. The minimum atomic E-state index is -0.622. The van der Waals surface area contributed by atoms with Crippen molar-refractivity contribution in [3.05, 3.63) is 48.0 Å². The van der Waals surface area contributed by atoms with Gasteiger partial charge in [-0.25, -0.2) is 4.79 Å². The molecule has 6 nitrogen and oxygen atoms in total. The number of carbonyl (C=O) groups excluding carboxylic acids is 2. The molecule has 0 saturated carbocycles. The van der Waals surface area contributed by atoms with Gasteiger partial charge in [0, 0.05) is 16.9 Å². The van der Waals surface area contributed by atoms with E-state index in [-0.39, 0.29) is 18.8 Å². The fourth-order valence-corrected chi connectivity index (χ4v) is 3.51. The Morgan fingerprint density at radius 1 is 1.14 bits per heavy atom. The van der Waals surface area contributed by atoms with Crippen molar-refractivity contribution >= 4 is 29.3 Å². The van der Waals surface area contributed by atoms with Crippen LogP contribution in [0.5, 0.6) is 11.5 Å². The number of benzene rings is 2. The van der Waals surface area contributed by atoms with Crippen LogP contribution in [0.2, 0.25) is 0 Å². The zero-order valence-corrected chi connectivity index (χ0v) is 16.9. The fraction of sp³-hybridized carbons (Fsp3) is 0.333. The molecular weight excluding hydrogens is 378 g/mol. The molecular formula is C21H23NO5S. The summed E-state index contributed by atoms with van der Waals surface area (Å²) in [5.41, 5.74) is 1.43. The maximum absolute atomic E-state index is 12.0. The predicted molar refractivity (Wildman–Crippen MR) is 108 cm³/mol. The van der Waals surface area contributed by atoms with E-state index in [1.165, 1.54) is 11.8 Å². The SMILES string of the molecule is CSc1ccccc1NC(=O)COC(=O)COc1cccc2c1OC(C)(C)C2. The van der Waals surface area contributed by atoms with Crippen LogP contribution in [-0.2, 0) is 20.7 Å². The molecule has 1 N–H and O–H groups in total. The summed E-state index contributed by atoms with van der Waals surface area (Å²) in [4.78, 5) is 24.9. The zero-order valence-electron chi connectivity index (χ0n) is 16.1. The van der Waals surface area contributed by atoms with E-state index in [0.717, 1.165) is 16.9 Å².